The first kappa shape index (κ1) is 13.4. The molecule has 0 aliphatic rings. The molecule has 0 saturated carbocycles. The predicted octanol–water partition coefficient (Wildman–Crippen LogP) is 4.82. The van der Waals surface area contributed by atoms with Crippen molar-refractivity contribution >= 4 is 16.7 Å². The first-order chi connectivity index (χ1) is 10.1. The zero-order valence-electron chi connectivity index (χ0n) is 12.1. The van der Waals surface area contributed by atoms with Crippen molar-refractivity contribution in [3.8, 4) is 11.1 Å². The minimum absolute atomic E-state index is 0.327. The Morgan fingerprint density at radius 2 is 1.48 bits per heavy atom. The summed E-state index contributed by atoms with van der Waals surface area (Å²) in [6, 6.07) is 17.8. The van der Waals surface area contributed by atoms with Gasteiger partial charge in [0, 0.05) is 0 Å². The fraction of sp³-hybridized carbons (Fsp3) is 0.105. The first-order valence-corrected chi connectivity index (χ1v) is 6.90. The van der Waals surface area contributed by atoms with Crippen LogP contribution in [0.5, 0.6) is 0 Å². The summed E-state index contributed by atoms with van der Waals surface area (Å²) in [4.78, 5) is 11.1. The Kier molecular flexibility index (Phi) is 3.22. The molecule has 0 saturated heterocycles. The smallest absolute Gasteiger partial charge is 0.335 e. The Morgan fingerprint density at radius 3 is 2.14 bits per heavy atom. The molecule has 0 aliphatic carbocycles. The van der Waals surface area contributed by atoms with Crippen LogP contribution in [0.3, 0.4) is 0 Å². The van der Waals surface area contributed by atoms with E-state index in [0.29, 0.717) is 5.56 Å². The molecule has 3 rings (SSSR count). The number of hydrogen-bond acceptors (Lipinski definition) is 1. The molecule has 0 aliphatic heterocycles. The van der Waals surface area contributed by atoms with E-state index in [-0.39, 0.29) is 0 Å². The van der Waals surface area contributed by atoms with Crippen molar-refractivity contribution in [3.05, 3.63) is 71.3 Å². The summed E-state index contributed by atoms with van der Waals surface area (Å²) in [6.07, 6.45) is 0. The largest absolute Gasteiger partial charge is 0.478 e. The molecule has 0 fully saturated rings. The number of aromatic carboxylic acids is 1. The molecule has 3 aromatic rings. The zero-order chi connectivity index (χ0) is 15.0. The number of hydrogen-bond donors (Lipinski definition) is 1. The van der Waals surface area contributed by atoms with Gasteiger partial charge in [-0.1, -0.05) is 42.5 Å². The SMILES string of the molecule is Cc1cc(C(=O)O)ccc1-c1ccc(C)c2ccccc12. The van der Waals surface area contributed by atoms with E-state index in [2.05, 4.69) is 31.2 Å². The topological polar surface area (TPSA) is 37.3 Å². The molecule has 0 aromatic heterocycles. The van der Waals surface area contributed by atoms with Crippen LogP contribution < -0.4 is 0 Å². The van der Waals surface area contributed by atoms with Crippen LogP contribution >= 0.6 is 0 Å². The summed E-state index contributed by atoms with van der Waals surface area (Å²) < 4.78 is 0. The quantitative estimate of drug-likeness (QED) is 0.728. The van der Waals surface area contributed by atoms with Crippen LogP contribution in [0.15, 0.2) is 54.6 Å². The van der Waals surface area contributed by atoms with Crippen LogP contribution in [0.25, 0.3) is 21.9 Å². The van der Waals surface area contributed by atoms with Crippen molar-refractivity contribution in [1.82, 2.24) is 0 Å². The van der Waals surface area contributed by atoms with E-state index >= 15 is 0 Å². The van der Waals surface area contributed by atoms with Crippen LogP contribution in [0, 0.1) is 13.8 Å². The lowest BCUT2D eigenvalue weighted by Gasteiger charge is -2.12. The number of benzene rings is 3. The van der Waals surface area contributed by atoms with Gasteiger partial charge in [0.2, 0.25) is 0 Å². The number of fused-ring (bicyclic) bond motifs is 1. The van der Waals surface area contributed by atoms with Gasteiger partial charge in [0.15, 0.2) is 0 Å². The molecule has 0 unspecified atom stereocenters. The number of rotatable bonds is 2. The molecule has 0 heterocycles. The van der Waals surface area contributed by atoms with E-state index in [1.165, 1.54) is 16.3 Å². The highest BCUT2D eigenvalue weighted by Gasteiger charge is 2.10. The molecular weight excluding hydrogens is 260 g/mol. The molecular formula is C19H16O2. The highest BCUT2D eigenvalue weighted by molar-refractivity contribution is 5.99. The lowest BCUT2D eigenvalue weighted by molar-refractivity contribution is 0.0697. The second-order valence-corrected chi connectivity index (χ2v) is 5.31. The third-order valence-corrected chi connectivity index (χ3v) is 3.91. The van der Waals surface area contributed by atoms with Gasteiger partial charge in [-0.2, -0.15) is 0 Å². The maximum atomic E-state index is 11.1. The Balaban J connectivity index is 2.26. The van der Waals surface area contributed by atoms with Crippen molar-refractivity contribution < 1.29 is 9.90 Å². The van der Waals surface area contributed by atoms with Crippen LogP contribution in [0.2, 0.25) is 0 Å². The van der Waals surface area contributed by atoms with Crippen LogP contribution in [-0.4, -0.2) is 11.1 Å². The average Bonchev–Trinajstić information content (AvgIpc) is 2.48. The monoisotopic (exact) mass is 276 g/mol. The van der Waals surface area contributed by atoms with E-state index < -0.39 is 5.97 Å². The molecule has 21 heavy (non-hydrogen) atoms. The Labute approximate surface area is 123 Å². The van der Waals surface area contributed by atoms with Gasteiger partial charge in [-0.15, -0.1) is 0 Å². The fourth-order valence-corrected chi connectivity index (χ4v) is 2.78. The number of carbonyl (C=O) groups is 1. The van der Waals surface area contributed by atoms with Crippen molar-refractivity contribution in [2.75, 3.05) is 0 Å². The first-order valence-electron chi connectivity index (χ1n) is 6.90. The van der Waals surface area contributed by atoms with Crippen molar-refractivity contribution in [2.24, 2.45) is 0 Å². The van der Waals surface area contributed by atoms with Crippen LogP contribution in [0.4, 0.5) is 0 Å². The highest BCUT2D eigenvalue weighted by atomic mass is 16.4. The summed E-state index contributed by atoms with van der Waals surface area (Å²) in [5.74, 6) is -0.890. The fourth-order valence-electron chi connectivity index (χ4n) is 2.78. The lowest BCUT2D eigenvalue weighted by Crippen LogP contribution is -1.97. The van der Waals surface area contributed by atoms with Crippen molar-refractivity contribution in [2.45, 2.75) is 13.8 Å². The van der Waals surface area contributed by atoms with Crippen molar-refractivity contribution in [3.63, 3.8) is 0 Å². The summed E-state index contributed by atoms with van der Waals surface area (Å²) in [5, 5.41) is 11.5. The average molecular weight is 276 g/mol. The Morgan fingerprint density at radius 1 is 0.810 bits per heavy atom. The molecule has 0 atom stereocenters. The molecule has 2 heteroatoms. The molecule has 0 bridgehead atoms. The summed E-state index contributed by atoms with van der Waals surface area (Å²) in [5.41, 5.74) is 4.77. The maximum absolute atomic E-state index is 11.1. The Bertz CT molecular complexity index is 847. The molecule has 0 amide bonds. The van der Waals surface area contributed by atoms with Gasteiger partial charge in [-0.25, -0.2) is 4.79 Å². The maximum Gasteiger partial charge on any atom is 0.335 e. The van der Waals surface area contributed by atoms with Gasteiger partial charge in [0.1, 0.15) is 0 Å². The second kappa shape index (κ2) is 5.06. The minimum Gasteiger partial charge on any atom is -0.478 e. The van der Waals surface area contributed by atoms with E-state index in [4.69, 9.17) is 5.11 Å². The predicted molar refractivity (Wildman–Crippen MR) is 85.8 cm³/mol. The van der Waals surface area contributed by atoms with E-state index in [9.17, 15) is 4.79 Å². The van der Waals surface area contributed by atoms with Gasteiger partial charge in [-0.3, -0.25) is 0 Å². The van der Waals surface area contributed by atoms with Gasteiger partial charge in [0.25, 0.3) is 0 Å². The normalized spacial score (nSPS) is 10.8. The third-order valence-electron chi connectivity index (χ3n) is 3.91. The number of aryl methyl sites for hydroxylation is 2. The van der Waals surface area contributed by atoms with Gasteiger partial charge in [0.05, 0.1) is 5.56 Å². The zero-order valence-corrected chi connectivity index (χ0v) is 12.1. The lowest BCUT2D eigenvalue weighted by atomic mass is 9.92. The molecule has 104 valence electrons. The summed E-state index contributed by atoms with van der Waals surface area (Å²) in [7, 11) is 0. The molecule has 0 radical (unpaired) electrons. The summed E-state index contributed by atoms with van der Waals surface area (Å²) in [6.45, 7) is 4.06. The molecule has 2 nitrogen and oxygen atoms in total. The number of carboxylic acid groups (broad SMARTS) is 1. The second-order valence-electron chi connectivity index (χ2n) is 5.31. The molecule has 0 spiro atoms. The standard InChI is InChI=1S/C19H16O2/c1-12-7-9-18(17-6-4-3-5-15(12)17)16-10-8-14(19(20)21)11-13(16)2/h3-11H,1-2H3,(H,20,21). The molecule has 1 N–H and O–H groups in total. The van der Waals surface area contributed by atoms with Crippen molar-refractivity contribution in [1.29, 1.82) is 0 Å². The third kappa shape index (κ3) is 2.29. The van der Waals surface area contributed by atoms with E-state index in [1.807, 2.05) is 25.1 Å². The van der Waals surface area contributed by atoms with E-state index in [0.717, 1.165) is 16.7 Å². The van der Waals surface area contributed by atoms with Gasteiger partial charge < -0.3 is 5.11 Å². The highest BCUT2D eigenvalue weighted by Crippen LogP contribution is 2.32. The number of carboxylic acids is 1. The van der Waals surface area contributed by atoms with Crippen LogP contribution in [-0.2, 0) is 0 Å². The van der Waals surface area contributed by atoms with Gasteiger partial charge >= 0.3 is 5.97 Å². The van der Waals surface area contributed by atoms with Gasteiger partial charge in [-0.05, 0) is 59.0 Å². The van der Waals surface area contributed by atoms with Crippen LogP contribution in [0.1, 0.15) is 21.5 Å². The Hall–Kier alpha value is -2.61. The molecule has 3 aromatic carbocycles. The minimum atomic E-state index is -0.890. The van der Waals surface area contributed by atoms with E-state index in [1.54, 1.807) is 12.1 Å². The summed E-state index contributed by atoms with van der Waals surface area (Å²) >= 11 is 0.